The largest absolute Gasteiger partial charge is 0.468 e. The van der Waals surface area contributed by atoms with Crippen molar-refractivity contribution >= 4 is 0 Å². The minimum Gasteiger partial charge on any atom is -0.468 e. The van der Waals surface area contributed by atoms with E-state index in [4.69, 9.17) is 15.6 Å². The first-order chi connectivity index (χ1) is 4.74. The van der Waals surface area contributed by atoms with E-state index >= 15 is 0 Å². The van der Waals surface area contributed by atoms with Gasteiger partial charge in [0.1, 0.15) is 0 Å². The lowest BCUT2D eigenvalue weighted by Gasteiger charge is -2.24. The van der Waals surface area contributed by atoms with Gasteiger partial charge in [-0.1, -0.05) is 6.92 Å². The molecule has 0 saturated heterocycles. The molecule has 0 aromatic heterocycles. The van der Waals surface area contributed by atoms with Crippen molar-refractivity contribution in [1.29, 1.82) is 0 Å². The Morgan fingerprint density at radius 2 is 2.60 bits per heavy atom. The predicted octanol–water partition coefficient (Wildman–Crippen LogP) is 0.346. The number of rotatable bonds is 1. The number of allylic oxidation sites excluding steroid dienone is 1. The maximum absolute atomic E-state index is 9.09. The standard InChI is InChI=1S/C7H13NO2/c1-2-5-3-4-6(8)7(9)10-5/h3,6-7,9H,2,4,8H2,1H3. The number of aliphatic hydroxyl groups is 1. The number of nitrogens with two attached hydrogens (primary N) is 1. The summed E-state index contributed by atoms with van der Waals surface area (Å²) in [4.78, 5) is 0. The molecule has 0 aromatic rings. The van der Waals surface area contributed by atoms with Gasteiger partial charge >= 0.3 is 0 Å². The highest BCUT2D eigenvalue weighted by molar-refractivity contribution is 4.99. The monoisotopic (exact) mass is 143 g/mol. The van der Waals surface area contributed by atoms with E-state index < -0.39 is 6.29 Å². The van der Waals surface area contributed by atoms with Crippen LogP contribution >= 0.6 is 0 Å². The molecule has 0 aromatic carbocycles. The second-order valence-electron chi connectivity index (χ2n) is 2.43. The van der Waals surface area contributed by atoms with Gasteiger partial charge < -0.3 is 15.6 Å². The minimum absolute atomic E-state index is 0.254. The number of ether oxygens (including phenoxy) is 1. The Bertz CT molecular complexity index is 145. The van der Waals surface area contributed by atoms with Crippen molar-refractivity contribution in [3.05, 3.63) is 11.8 Å². The van der Waals surface area contributed by atoms with Gasteiger partial charge in [0.25, 0.3) is 0 Å². The first-order valence-electron chi connectivity index (χ1n) is 3.53. The van der Waals surface area contributed by atoms with Gasteiger partial charge in [-0.05, 0) is 12.5 Å². The third kappa shape index (κ3) is 1.49. The smallest absolute Gasteiger partial charge is 0.212 e. The van der Waals surface area contributed by atoms with Crippen LogP contribution < -0.4 is 5.73 Å². The van der Waals surface area contributed by atoms with Gasteiger partial charge in [0.05, 0.1) is 11.8 Å². The summed E-state index contributed by atoms with van der Waals surface area (Å²) >= 11 is 0. The van der Waals surface area contributed by atoms with E-state index in [0.29, 0.717) is 6.42 Å². The maximum atomic E-state index is 9.09. The molecule has 0 saturated carbocycles. The zero-order chi connectivity index (χ0) is 7.56. The lowest BCUT2D eigenvalue weighted by Crippen LogP contribution is -2.38. The molecule has 3 nitrogen and oxygen atoms in total. The van der Waals surface area contributed by atoms with E-state index in [-0.39, 0.29) is 6.04 Å². The highest BCUT2D eigenvalue weighted by Gasteiger charge is 2.20. The summed E-state index contributed by atoms with van der Waals surface area (Å²) in [5.74, 6) is 0.842. The van der Waals surface area contributed by atoms with E-state index in [1.807, 2.05) is 13.0 Å². The maximum Gasteiger partial charge on any atom is 0.212 e. The van der Waals surface area contributed by atoms with Crippen LogP contribution in [0.15, 0.2) is 11.8 Å². The van der Waals surface area contributed by atoms with Crippen molar-refractivity contribution in [3.63, 3.8) is 0 Å². The normalized spacial score (nSPS) is 32.9. The molecule has 2 atom stereocenters. The third-order valence-corrected chi connectivity index (χ3v) is 1.60. The fraction of sp³-hybridized carbons (Fsp3) is 0.714. The van der Waals surface area contributed by atoms with Crippen LogP contribution in [-0.4, -0.2) is 17.4 Å². The van der Waals surface area contributed by atoms with E-state index in [1.54, 1.807) is 0 Å². The fourth-order valence-corrected chi connectivity index (χ4v) is 0.902. The van der Waals surface area contributed by atoms with Gasteiger partial charge in [0.2, 0.25) is 6.29 Å². The van der Waals surface area contributed by atoms with Gasteiger partial charge in [0.15, 0.2) is 0 Å². The van der Waals surface area contributed by atoms with Crippen LogP contribution in [0.3, 0.4) is 0 Å². The molecule has 0 bridgehead atoms. The van der Waals surface area contributed by atoms with Gasteiger partial charge in [0, 0.05) is 6.42 Å². The highest BCUT2D eigenvalue weighted by Crippen LogP contribution is 2.16. The van der Waals surface area contributed by atoms with Crippen LogP contribution in [0, 0.1) is 0 Å². The number of hydrogen-bond acceptors (Lipinski definition) is 3. The molecule has 0 amide bonds. The minimum atomic E-state index is -0.806. The van der Waals surface area contributed by atoms with Gasteiger partial charge in [-0.25, -0.2) is 0 Å². The predicted molar refractivity (Wildman–Crippen MR) is 38.1 cm³/mol. The van der Waals surface area contributed by atoms with Crippen LogP contribution in [-0.2, 0) is 4.74 Å². The van der Waals surface area contributed by atoms with Crippen LogP contribution in [0.4, 0.5) is 0 Å². The summed E-state index contributed by atoms with van der Waals surface area (Å²) < 4.78 is 5.04. The Kier molecular flexibility index (Phi) is 2.29. The Balaban J connectivity index is 2.52. The van der Waals surface area contributed by atoms with Gasteiger partial charge in [-0.15, -0.1) is 0 Å². The van der Waals surface area contributed by atoms with E-state index in [9.17, 15) is 0 Å². The first kappa shape index (κ1) is 7.57. The average molecular weight is 143 g/mol. The van der Waals surface area contributed by atoms with Gasteiger partial charge in [-0.3, -0.25) is 0 Å². The molecule has 0 aliphatic carbocycles. The molecule has 3 N–H and O–H groups in total. The Hall–Kier alpha value is -0.540. The molecule has 2 unspecified atom stereocenters. The highest BCUT2D eigenvalue weighted by atomic mass is 16.6. The van der Waals surface area contributed by atoms with Crippen LogP contribution in [0.25, 0.3) is 0 Å². The number of hydrogen-bond donors (Lipinski definition) is 2. The summed E-state index contributed by atoms with van der Waals surface area (Å²) in [7, 11) is 0. The van der Waals surface area contributed by atoms with Crippen molar-refractivity contribution in [2.24, 2.45) is 5.73 Å². The van der Waals surface area contributed by atoms with Crippen molar-refractivity contribution < 1.29 is 9.84 Å². The Labute approximate surface area is 60.5 Å². The van der Waals surface area contributed by atoms with E-state index in [2.05, 4.69) is 0 Å². The molecule has 0 fully saturated rings. The van der Waals surface area contributed by atoms with Crippen LogP contribution in [0.1, 0.15) is 19.8 Å². The molecule has 58 valence electrons. The SMILES string of the molecule is CCC1=CCC(N)C(O)O1. The second kappa shape index (κ2) is 3.03. The van der Waals surface area contributed by atoms with E-state index in [0.717, 1.165) is 12.2 Å². The van der Waals surface area contributed by atoms with Crippen molar-refractivity contribution in [2.45, 2.75) is 32.1 Å². The summed E-state index contributed by atoms with van der Waals surface area (Å²) in [5, 5.41) is 9.09. The molecular formula is C7H13NO2. The molecule has 1 rings (SSSR count). The Morgan fingerprint density at radius 3 is 3.10 bits per heavy atom. The van der Waals surface area contributed by atoms with Crippen LogP contribution in [0.5, 0.6) is 0 Å². The quantitative estimate of drug-likeness (QED) is 0.556. The van der Waals surface area contributed by atoms with E-state index in [1.165, 1.54) is 0 Å². The number of aliphatic hydroxyl groups excluding tert-OH is 1. The van der Waals surface area contributed by atoms with Crippen LogP contribution in [0.2, 0.25) is 0 Å². The molecular weight excluding hydrogens is 130 g/mol. The summed E-state index contributed by atoms with van der Waals surface area (Å²) in [6.45, 7) is 1.98. The zero-order valence-electron chi connectivity index (χ0n) is 6.08. The first-order valence-corrected chi connectivity index (χ1v) is 3.53. The topological polar surface area (TPSA) is 55.5 Å². The van der Waals surface area contributed by atoms with Crippen molar-refractivity contribution in [1.82, 2.24) is 0 Å². The zero-order valence-corrected chi connectivity index (χ0v) is 6.08. The fourth-order valence-electron chi connectivity index (χ4n) is 0.902. The summed E-state index contributed by atoms with van der Waals surface area (Å²) in [6, 6.07) is -0.254. The second-order valence-corrected chi connectivity index (χ2v) is 2.43. The molecule has 0 radical (unpaired) electrons. The summed E-state index contributed by atoms with van der Waals surface area (Å²) in [6.07, 6.45) is 2.66. The van der Waals surface area contributed by atoms with Crippen molar-refractivity contribution in [2.75, 3.05) is 0 Å². The molecule has 0 spiro atoms. The molecule has 1 heterocycles. The Morgan fingerprint density at radius 1 is 1.90 bits per heavy atom. The van der Waals surface area contributed by atoms with Crippen molar-refractivity contribution in [3.8, 4) is 0 Å². The third-order valence-electron chi connectivity index (χ3n) is 1.60. The van der Waals surface area contributed by atoms with Gasteiger partial charge in [-0.2, -0.15) is 0 Å². The lowest BCUT2D eigenvalue weighted by atomic mass is 10.1. The summed E-state index contributed by atoms with van der Waals surface area (Å²) in [5.41, 5.74) is 5.48. The average Bonchev–Trinajstić information content (AvgIpc) is 1.95. The lowest BCUT2D eigenvalue weighted by molar-refractivity contribution is -0.0906. The molecule has 10 heavy (non-hydrogen) atoms. The molecule has 1 aliphatic heterocycles. The molecule has 3 heteroatoms. The molecule has 1 aliphatic rings.